The first-order valence-corrected chi connectivity index (χ1v) is 7.85. The molecule has 0 aliphatic rings. The molecule has 1 rings (SSSR count). The van der Waals surface area contributed by atoms with Gasteiger partial charge in [0, 0.05) is 13.2 Å². The van der Waals surface area contributed by atoms with Crippen LogP contribution in [0.4, 0.5) is 0 Å². The van der Waals surface area contributed by atoms with Crippen LogP contribution in [0.2, 0.25) is 0 Å². The summed E-state index contributed by atoms with van der Waals surface area (Å²) in [6.07, 6.45) is 2.94. The third-order valence-corrected chi connectivity index (χ3v) is 3.77. The predicted octanol–water partition coefficient (Wildman–Crippen LogP) is 3.52. The molecule has 1 aromatic heterocycles. The number of aryl methyl sites for hydroxylation is 1. The summed E-state index contributed by atoms with van der Waals surface area (Å²) in [5, 5.41) is 7.99. The molecule has 0 radical (unpaired) electrons. The van der Waals surface area contributed by atoms with Gasteiger partial charge in [0.2, 0.25) is 0 Å². The predicted molar refractivity (Wildman–Crippen MR) is 82.3 cm³/mol. The van der Waals surface area contributed by atoms with Crippen LogP contribution in [-0.4, -0.2) is 28.5 Å². The summed E-state index contributed by atoms with van der Waals surface area (Å²) in [6, 6.07) is 0.112. The molecule has 0 amide bonds. The van der Waals surface area contributed by atoms with Crippen molar-refractivity contribution < 1.29 is 4.74 Å². The largest absolute Gasteiger partial charge is 0.374 e. The molecule has 0 aromatic carbocycles. The van der Waals surface area contributed by atoms with Crippen molar-refractivity contribution in [1.82, 2.24) is 15.1 Å². The lowest BCUT2D eigenvalue weighted by atomic mass is 9.95. The molecule has 0 fully saturated rings. The number of nitrogens with zero attached hydrogens (tertiary/aromatic N) is 2. The number of hydrogen-bond donors (Lipinski definition) is 1. The minimum Gasteiger partial charge on any atom is -0.374 e. The van der Waals surface area contributed by atoms with Gasteiger partial charge in [-0.2, -0.15) is 5.10 Å². The Balaban J connectivity index is 3.14. The van der Waals surface area contributed by atoms with Crippen molar-refractivity contribution in [2.45, 2.75) is 59.2 Å². The van der Waals surface area contributed by atoms with Crippen LogP contribution in [0.5, 0.6) is 0 Å². The van der Waals surface area contributed by atoms with Crippen LogP contribution in [0.3, 0.4) is 0 Å². The van der Waals surface area contributed by atoms with E-state index >= 15 is 0 Å². The molecule has 1 heterocycles. The van der Waals surface area contributed by atoms with Crippen molar-refractivity contribution >= 4 is 15.9 Å². The zero-order chi connectivity index (χ0) is 14.5. The highest BCUT2D eigenvalue weighted by Gasteiger charge is 2.34. The van der Waals surface area contributed by atoms with Gasteiger partial charge in [-0.3, -0.25) is 4.68 Å². The second kappa shape index (κ2) is 7.41. The van der Waals surface area contributed by atoms with E-state index in [2.05, 4.69) is 58.7 Å². The van der Waals surface area contributed by atoms with Crippen LogP contribution in [0.1, 0.15) is 52.8 Å². The van der Waals surface area contributed by atoms with Crippen molar-refractivity contribution in [3.8, 4) is 0 Å². The Bertz CT molecular complexity index is 390. The van der Waals surface area contributed by atoms with Crippen LogP contribution in [0, 0.1) is 0 Å². The molecule has 19 heavy (non-hydrogen) atoms. The summed E-state index contributed by atoms with van der Waals surface area (Å²) in [7, 11) is 0. The van der Waals surface area contributed by atoms with Crippen molar-refractivity contribution in [3.63, 3.8) is 0 Å². The SMILES string of the molecule is CCCn1ncc(Br)c1C(NCC)C(C)(C)OCC. The third-order valence-electron chi connectivity index (χ3n) is 3.16. The fourth-order valence-electron chi connectivity index (χ4n) is 2.38. The van der Waals surface area contributed by atoms with Crippen LogP contribution < -0.4 is 5.32 Å². The van der Waals surface area contributed by atoms with Crippen molar-refractivity contribution in [2.75, 3.05) is 13.2 Å². The molecule has 1 atom stereocenters. The molecule has 110 valence electrons. The second-order valence-corrected chi connectivity index (χ2v) is 5.98. The lowest BCUT2D eigenvalue weighted by molar-refractivity contribution is -0.0410. The van der Waals surface area contributed by atoms with Crippen LogP contribution in [-0.2, 0) is 11.3 Å². The van der Waals surface area contributed by atoms with Gasteiger partial charge in [-0.15, -0.1) is 0 Å². The van der Waals surface area contributed by atoms with Gasteiger partial charge in [0.05, 0.1) is 28.0 Å². The molecule has 1 aromatic rings. The molecule has 0 spiro atoms. The first-order valence-electron chi connectivity index (χ1n) is 7.06. The van der Waals surface area contributed by atoms with E-state index in [4.69, 9.17) is 4.74 Å². The van der Waals surface area contributed by atoms with Crippen LogP contribution in [0.15, 0.2) is 10.7 Å². The van der Waals surface area contributed by atoms with Crippen LogP contribution in [0.25, 0.3) is 0 Å². The fraction of sp³-hybridized carbons (Fsp3) is 0.786. The molecule has 4 nitrogen and oxygen atoms in total. The number of nitrogens with one attached hydrogen (secondary N) is 1. The number of ether oxygens (including phenoxy) is 1. The van der Waals surface area contributed by atoms with Gasteiger partial charge < -0.3 is 10.1 Å². The lowest BCUT2D eigenvalue weighted by Crippen LogP contribution is -2.43. The topological polar surface area (TPSA) is 39.1 Å². The van der Waals surface area contributed by atoms with E-state index in [9.17, 15) is 0 Å². The number of aromatic nitrogens is 2. The standard InChI is InChI=1S/C14H26BrN3O/c1-6-9-18-12(11(15)10-17-18)13(16-7-2)14(4,5)19-8-3/h10,13,16H,6-9H2,1-5H3. The van der Waals surface area contributed by atoms with E-state index in [-0.39, 0.29) is 11.6 Å². The third kappa shape index (κ3) is 4.04. The molecular weight excluding hydrogens is 306 g/mol. The maximum Gasteiger partial charge on any atom is 0.0835 e. The summed E-state index contributed by atoms with van der Waals surface area (Å²) in [5.41, 5.74) is 0.890. The number of hydrogen-bond acceptors (Lipinski definition) is 3. The van der Waals surface area contributed by atoms with E-state index in [1.165, 1.54) is 5.69 Å². The van der Waals surface area contributed by atoms with Crippen molar-refractivity contribution in [1.29, 1.82) is 0 Å². The van der Waals surface area contributed by atoms with E-state index in [1.54, 1.807) is 0 Å². The molecule has 0 aliphatic carbocycles. The molecule has 1 unspecified atom stereocenters. The molecule has 0 saturated carbocycles. The highest BCUT2D eigenvalue weighted by molar-refractivity contribution is 9.10. The van der Waals surface area contributed by atoms with Gasteiger partial charge >= 0.3 is 0 Å². The van der Waals surface area contributed by atoms with Crippen molar-refractivity contribution in [3.05, 3.63) is 16.4 Å². The monoisotopic (exact) mass is 331 g/mol. The summed E-state index contributed by atoms with van der Waals surface area (Å²) in [4.78, 5) is 0. The molecule has 0 bridgehead atoms. The maximum absolute atomic E-state index is 5.93. The zero-order valence-electron chi connectivity index (χ0n) is 12.7. The van der Waals surface area contributed by atoms with Gasteiger partial charge in [-0.25, -0.2) is 0 Å². The molecule has 1 N–H and O–H groups in total. The Morgan fingerprint density at radius 1 is 1.42 bits per heavy atom. The Hall–Kier alpha value is -0.390. The molecule has 5 heteroatoms. The summed E-state index contributed by atoms with van der Waals surface area (Å²) >= 11 is 3.62. The second-order valence-electron chi connectivity index (χ2n) is 5.13. The molecule has 0 aliphatic heterocycles. The van der Waals surface area contributed by atoms with Gasteiger partial charge in [0.25, 0.3) is 0 Å². The summed E-state index contributed by atoms with van der Waals surface area (Å²) in [5.74, 6) is 0. The van der Waals surface area contributed by atoms with Gasteiger partial charge in [0.1, 0.15) is 0 Å². The van der Waals surface area contributed by atoms with Crippen molar-refractivity contribution in [2.24, 2.45) is 0 Å². The average Bonchev–Trinajstić information content (AvgIpc) is 2.68. The minimum absolute atomic E-state index is 0.112. The highest BCUT2D eigenvalue weighted by Crippen LogP contribution is 2.33. The number of rotatable bonds is 8. The highest BCUT2D eigenvalue weighted by atomic mass is 79.9. The molecular formula is C14H26BrN3O. The lowest BCUT2D eigenvalue weighted by Gasteiger charge is -2.35. The maximum atomic E-state index is 5.93. The Morgan fingerprint density at radius 2 is 2.11 bits per heavy atom. The zero-order valence-corrected chi connectivity index (χ0v) is 14.2. The first-order chi connectivity index (χ1) is 8.97. The average molecular weight is 332 g/mol. The number of likely N-dealkylation sites (N-methyl/N-ethyl adjacent to an activating group) is 1. The normalized spacial score (nSPS) is 13.8. The van der Waals surface area contributed by atoms with Gasteiger partial charge in [-0.05, 0) is 49.7 Å². The smallest absolute Gasteiger partial charge is 0.0835 e. The minimum atomic E-state index is -0.279. The van der Waals surface area contributed by atoms with E-state index in [0.29, 0.717) is 6.61 Å². The van der Waals surface area contributed by atoms with E-state index in [0.717, 1.165) is 24.0 Å². The van der Waals surface area contributed by atoms with E-state index in [1.807, 2.05) is 13.1 Å². The van der Waals surface area contributed by atoms with E-state index < -0.39 is 0 Å². The van der Waals surface area contributed by atoms with Gasteiger partial charge in [-0.1, -0.05) is 13.8 Å². The summed E-state index contributed by atoms with van der Waals surface area (Å²) < 4.78 is 9.04. The van der Waals surface area contributed by atoms with Gasteiger partial charge in [0.15, 0.2) is 0 Å². The Kier molecular flexibility index (Phi) is 6.50. The Morgan fingerprint density at radius 3 is 2.63 bits per heavy atom. The summed E-state index contributed by atoms with van der Waals surface area (Å²) in [6.45, 7) is 13.1. The van der Waals surface area contributed by atoms with Crippen LogP contribution >= 0.6 is 15.9 Å². The Labute approximate surface area is 125 Å². The fourth-order valence-corrected chi connectivity index (χ4v) is 2.91. The number of halogens is 1. The first kappa shape index (κ1) is 16.7. The quantitative estimate of drug-likeness (QED) is 0.792. The molecule has 0 saturated heterocycles.